The van der Waals surface area contributed by atoms with Gasteiger partial charge < -0.3 is 10.6 Å². The summed E-state index contributed by atoms with van der Waals surface area (Å²) in [7, 11) is 4.02. The number of nitrogens with zero attached hydrogens (tertiary/aromatic N) is 3. The largest absolute Gasteiger partial charge is 0.363 e. The van der Waals surface area contributed by atoms with E-state index in [4.69, 9.17) is 5.73 Å². The van der Waals surface area contributed by atoms with Crippen molar-refractivity contribution in [3.05, 3.63) is 23.9 Å². The summed E-state index contributed by atoms with van der Waals surface area (Å²) in [5.74, 6) is 1.01. The summed E-state index contributed by atoms with van der Waals surface area (Å²) >= 11 is 0. The van der Waals surface area contributed by atoms with Crippen LogP contribution in [0.5, 0.6) is 0 Å². The summed E-state index contributed by atoms with van der Waals surface area (Å²) in [5.41, 5.74) is 7.35. The monoisotopic (exact) mass is 320 g/mol. The van der Waals surface area contributed by atoms with Crippen molar-refractivity contribution < 1.29 is 0 Å². The number of hydrogen-bond donors (Lipinski definition) is 1. The Balaban J connectivity index is 0.00000180. The number of pyridine rings is 1. The van der Waals surface area contributed by atoms with Crippen molar-refractivity contribution in [2.45, 2.75) is 31.8 Å². The second-order valence-electron chi connectivity index (χ2n) is 5.41. The lowest BCUT2D eigenvalue weighted by molar-refractivity contribution is 0.265. The number of anilines is 1. The van der Waals surface area contributed by atoms with Gasteiger partial charge in [-0.3, -0.25) is 4.90 Å². The van der Waals surface area contributed by atoms with Crippen LogP contribution in [-0.2, 0) is 6.54 Å². The molecule has 4 nitrogen and oxygen atoms in total. The molecular formula is C14H26Cl2N4. The van der Waals surface area contributed by atoms with Crippen molar-refractivity contribution in [3.63, 3.8) is 0 Å². The van der Waals surface area contributed by atoms with Crippen molar-refractivity contribution in [2.75, 3.05) is 32.1 Å². The molecule has 1 atom stereocenters. The lowest BCUT2D eigenvalue weighted by atomic mass is 10.1. The highest BCUT2D eigenvalue weighted by molar-refractivity contribution is 5.85. The van der Waals surface area contributed by atoms with Gasteiger partial charge in [0.05, 0.1) is 0 Å². The van der Waals surface area contributed by atoms with Gasteiger partial charge in [-0.2, -0.15) is 0 Å². The van der Waals surface area contributed by atoms with Gasteiger partial charge in [-0.05, 0) is 31.0 Å². The summed E-state index contributed by atoms with van der Waals surface area (Å²) in [4.78, 5) is 8.92. The molecule has 0 bridgehead atoms. The Hall–Kier alpha value is -0.550. The fourth-order valence-corrected chi connectivity index (χ4v) is 2.43. The molecule has 116 valence electrons. The Kier molecular flexibility index (Phi) is 9.14. The highest BCUT2D eigenvalue weighted by Crippen LogP contribution is 2.14. The first-order chi connectivity index (χ1) is 8.65. The number of likely N-dealkylation sites (tertiary alicyclic amines) is 1. The maximum atomic E-state index is 6.08. The van der Waals surface area contributed by atoms with E-state index in [0.717, 1.165) is 31.9 Å². The molecule has 2 rings (SSSR count). The van der Waals surface area contributed by atoms with Crippen LogP contribution < -0.4 is 10.6 Å². The van der Waals surface area contributed by atoms with Crippen molar-refractivity contribution in [3.8, 4) is 0 Å². The average molecular weight is 321 g/mol. The zero-order valence-electron chi connectivity index (χ0n) is 12.3. The van der Waals surface area contributed by atoms with Crippen LogP contribution in [0.3, 0.4) is 0 Å². The second-order valence-corrected chi connectivity index (χ2v) is 5.41. The summed E-state index contributed by atoms with van der Waals surface area (Å²) in [6.45, 7) is 3.13. The molecule has 1 fully saturated rings. The molecule has 2 N–H and O–H groups in total. The van der Waals surface area contributed by atoms with Gasteiger partial charge in [-0.25, -0.2) is 4.98 Å². The molecule has 0 aromatic carbocycles. The smallest absolute Gasteiger partial charge is 0.127 e. The number of nitrogens with two attached hydrogens (primary N) is 1. The molecule has 0 amide bonds. The van der Waals surface area contributed by atoms with Gasteiger partial charge in [0.2, 0.25) is 0 Å². The van der Waals surface area contributed by atoms with E-state index in [-0.39, 0.29) is 24.8 Å². The Morgan fingerprint density at radius 3 is 2.65 bits per heavy atom. The third-order valence-electron chi connectivity index (χ3n) is 3.47. The number of hydrogen-bond acceptors (Lipinski definition) is 4. The summed E-state index contributed by atoms with van der Waals surface area (Å²) in [6, 6.07) is 4.58. The Labute approximate surface area is 134 Å². The van der Waals surface area contributed by atoms with Crippen LogP contribution in [0.1, 0.15) is 24.8 Å². The van der Waals surface area contributed by atoms with Crippen molar-refractivity contribution in [1.29, 1.82) is 0 Å². The Morgan fingerprint density at radius 2 is 2.05 bits per heavy atom. The quantitative estimate of drug-likeness (QED) is 0.928. The minimum atomic E-state index is 0. The first-order valence-corrected chi connectivity index (χ1v) is 6.75. The molecule has 1 aromatic heterocycles. The van der Waals surface area contributed by atoms with E-state index in [2.05, 4.69) is 22.0 Å². The van der Waals surface area contributed by atoms with Crippen LogP contribution in [0.15, 0.2) is 18.3 Å². The van der Waals surface area contributed by atoms with Gasteiger partial charge in [0.25, 0.3) is 0 Å². The Bertz CT molecular complexity index is 370. The molecule has 20 heavy (non-hydrogen) atoms. The lowest BCUT2D eigenvalue weighted by Crippen LogP contribution is -2.35. The zero-order chi connectivity index (χ0) is 13.0. The molecule has 1 aromatic rings. The van der Waals surface area contributed by atoms with E-state index in [9.17, 15) is 0 Å². The van der Waals surface area contributed by atoms with E-state index in [1.165, 1.54) is 18.4 Å². The molecule has 2 heterocycles. The van der Waals surface area contributed by atoms with Crippen LogP contribution in [0.4, 0.5) is 5.82 Å². The molecule has 6 heteroatoms. The second kappa shape index (κ2) is 9.40. The predicted octanol–water partition coefficient (Wildman–Crippen LogP) is 2.30. The van der Waals surface area contributed by atoms with Crippen LogP contribution >= 0.6 is 24.8 Å². The van der Waals surface area contributed by atoms with Crippen LogP contribution in [0, 0.1) is 0 Å². The third kappa shape index (κ3) is 5.83. The fraction of sp³-hybridized carbons (Fsp3) is 0.643. The first kappa shape index (κ1) is 19.4. The van der Waals surface area contributed by atoms with Crippen LogP contribution in [0.25, 0.3) is 0 Å². The van der Waals surface area contributed by atoms with Crippen LogP contribution in [0.2, 0.25) is 0 Å². The fourth-order valence-electron chi connectivity index (χ4n) is 2.43. The predicted molar refractivity (Wildman–Crippen MR) is 90.2 cm³/mol. The summed E-state index contributed by atoms with van der Waals surface area (Å²) < 4.78 is 0. The maximum absolute atomic E-state index is 6.08. The highest BCUT2D eigenvalue weighted by atomic mass is 35.5. The number of rotatable bonds is 3. The standard InChI is InChI=1S/C14H24N4.2ClH/c1-17(2)14-7-6-12(9-16-14)10-18-8-4-3-5-13(15)11-18;;/h6-7,9,13H,3-5,8,10-11,15H2,1-2H3;2*1H. The van der Waals surface area contributed by atoms with Gasteiger partial charge in [-0.1, -0.05) is 12.5 Å². The third-order valence-corrected chi connectivity index (χ3v) is 3.47. The van der Waals surface area contributed by atoms with E-state index in [1.54, 1.807) is 0 Å². The van der Waals surface area contributed by atoms with E-state index >= 15 is 0 Å². The van der Waals surface area contributed by atoms with E-state index in [1.807, 2.05) is 25.2 Å². The Morgan fingerprint density at radius 1 is 1.30 bits per heavy atom. The molecule has 1 aliphatic rings. The minimum absolute atomic E-state index is 0. The van der Waals surface area contributed by atoms with Crippen LogP contribution in [-0.4, -0.2) is 43.1 Å². The van der Waals surface area contributed by atoms with E-state index in [0.29, 0.717) is 6.04 Å². The molecule has 0 spiro atoms. The normalized spacial score (nSPS) is 19.4. The van der Waals surface area contributed by atoms with Gasteiger partial charge in [-0.15, -0.1) is 24.8 Å². The molecule has 1 aliphatic heterocycles. The van der Waals surface area contributed by atoms with Gasteiger partial charge >= 0.3 is 0 Å². The summed E-state index contributed by atoms with van der Waals surface area (Å²) in [5, 5.41) is 0. The SMILES string of the molecule is CN(C)c1ccc(CN2CCCCC(N)C2)cn1.Cl.Cl. The van der Waals surface area contributed by atoms with Gasteiger partial charge in [0.15, 0.2) is 0 Å². The lowest BCUT2D eigenvalue weighted by Gasteiger charge is -2.22. The molecule has 0 aliphatic carbocycles. The first-order valence-electron chi connectivity index (χ1n) is 6.75. The van der Waals surface area contributed by atoms with Crippen molar-refractivity contribution in [2.24, 2.45) is 5.73 Å². The van der Waals surface area contributed by atoms with Crippen molar-refractivity contribution in [1.82, 2.24) is 9.88 Å². The highest BCUT2D eigenvalue weighted by Gasteiger charge is 2.15. The zero-order valence-corrected chi connectivity index (χ0v) is 13.9. The summed E-state index contributed by atoms with van der Waals surface area (Å²) in [6.07, 6.45) is 5.66. The molecule has 1 saturated heterocycles. The number of halogens is 2. The minimum Gasteiger partial charge on any atom is -0.363 e. The van der Waals surface area contributed by atoms with Crippen molar-refractivity contribution >= 4 is 30.6 Å². The molecule has 1 unspecified atom stereocenters. The number of aromatic nitrogens is 1. The molecular weight excluding hydrogens is 295 g/mol. The maximum Gasteiger partial charge on any atom is 0.127 e. The molecule has 0 saturated carbocycles. The molecule has 0 radical (unpaired) electrons. The van der Waals surface area contributed by atoms with E-state index < -0.39 is 0 Å². The topological polar surface area (TPSA) is 45.4 Å². The van der Waals surface area contributed by atoms with Gasteiger partial charge in [0, 0.05) is 39.4 Å². The average Bonchev–Trinajstić information content (AvgIpc) is 2.54. The van der Waals surface area contributed by atoms with Gasteiger partial charge in [0.1, 0.15) is 5.82 Å².